The molecule has 0 aliphatic carbocycles. The largest absolute Gasteiger partial charge is 0.356 e. The molecule has 0 saturated carbocycles. The first kappa shape index (κ1) is 22.7. The van der Waals surface area contributed by atoms with Crippen LogP contribution in [0.5, 0.6) is 0 Å². The van der Waals surface area contributed by atoms with Crippen LogP contribution >= 0.6 is 0 Å². The number of likely N-dealkylation sites (tertiary alicyclic amines) is 1. The molecule has 0 radical (unpaired) electrons. The van der Waals surface area contributed by atoms with Gasteiger partial charge in [-0.25, -0.2) is 9.97 Å². The van der Waals surface area contributed by atoms with E-state index in [1.165, 1.54) is 18.4 Å². The Bertz CT molecular complexity index is 868. The summed E-state index contributed by atoms with van der Waals surface area (Å²) < 4.78 is 0. The summed E-state index contributed by atoms with van der Waals surface area (Å²) in [6.45, 7) is 6.16. The SMILES string of the molecule is CN(C)CCCNC(=O)[C@H]1CN(Cc2ccccc2)C[C@@H]1c1ccnc(N2CCCC2)n1. The minimum Gasteiger partial charge on any atom is -0.356 e. The van der Waals surface area contributed by atoms with Crippen molar-refractivity contribution in [1.29, 1.82) is 0 Å². The lowest BCUT2D eigenvalue weighted by Crippen LogP contribution is -2.36. The number of nitrogens with zero attached hydrogens (tertiary/aromatic N) is 5. The molecule has 7 nitrogen and oxygen atoms in total. The van der Waals surface area contributed by atoms with Gasteiger partial charge in [-0.15, -0.1) is 0 Å². The third-order valence-corrected chi connectivity index (χ3v) is 6.50. The molecule has 2 saturated heterocycles. The summed E-state index contributed by atoms with van der Waals surface area (Å²) in [7, 11) is 4.12. The fraction of sp³-hybridized carbons (Fsp3) is 0.560. The van der Waals surface area contributed by atoms with Crippen molar-refractivity contribution < 1.29 is 4.79 Å². The minimum absolute atomic E-state index is 0.0805. The quantitative estimate of drug-likeness (QED) is 0.609. The lowest BCUT2D eigenvalue weighted by molar-refractivity contribution is -0.125. The zero-order chi connectivity index (χ0) is 22.3. The Morgan fingerprint density at radius 1 is 1.12 bits per heavy atom. The fourth-order valence-electron chi connectivity index (χ4n) is 4.80. The predicted octanol–water partition coefficient (Wildman–Crippen LogP) is 2.36. The molecule has 0 bridgehead atoms. The van der Waals surface area contributed by atoms with Gasteiger partial charge >= 0.3 is 0 Å². The first-order valence-corrected chi connectivity index (χ1v) is 11.9. The molecule has 2 aliphatic heterocycles. The molecule has 2 aromatic rings. The number of amides is 1. The van der Waals surface area contributed by atoms with Gasteiger partial charge in [0.25, 0.3) is 0 Å². The maximum absolute atomic E-state index is 13.2. The number of hydrogen-bond acceptors (Lipinski definition) is 6. The van der Waals surface area contributed by atoms with Gasteiger partial charge in [0.15, 0.2) is 0 Å². The van der Waals surface area contributed by atoms with Crippen LogP contribution in [0.3, 0.4) is 0 Å². The van der Waals surface area contributed by atoms with E-state index in [1.807, 2.05) is 18.3 Å². The molecule has 172 valence electrons. The van der Waals surface area contributed by atoms with E-state index in [2.05, 4.69) is 63.4 Å². The summed E-state index contributed by atoms with van der Waals surface area (Å²) in [6, 6.07) is 12.5. The second kappa shape index (κ2) is 10.9. The topological polar surface area (TPSA) is 64.6 Å². The van der Waals surface area contributed by atoms with Crippen LogP contribution in [-0.2, 0) is 11.3 Å². The summed E-state index contributed by atoms with van der Waals surface area (Å²) >= 11 is 0. The molecular formula is C25H36N6O. The van der Waals surface area contributed by atoms with E-state index in [0.717, 1.165) is 57.3 Å². The number of carbonyl (C=O) groups is 1. The van der Waals surface area contributed by atoms with Gasteiger partial charge in [-0.05, 0) is 51.5 Å². The summed E-state index contributed by atoms with van der Waals surface area (Å²) in [6.07, 6.45) is 5.21. The first-order valence-electron chi connectivity index (χ1n) is 11.9. The Kier molecular flexibility index (Phi) is 7.71. The van der Waals surface area contributed by atoms with Gasteiger partial charge in [-0.1, -0.05) is 30.3 Å². The highest BCUT2D eigenvalue weighted by Gasteiger charge is 2.39. The lowest BCUT2D eigenvalue weighted by atomic mass is 9.92. The van der Waals surface area contributed by atoms with Crippen molar-refractivity contribution in [3.63, 3.8) is 0 Å². The molecule has 4 rings (SSSR count). The van der Waals surface area contributed by atoms with Gasteiger partial charge in [0.05, 0.1) is 11.6 Å². The average molecular weight is 437 g/mol. The van der Waals surface area contributed by atoms with E-state index in [0.29, 0.717) is 6.54 Å². The van der Waals surface area contributed by atoms with E-state index in [9.17, 15) is 4.79 Å². The standard InChI is InChI=1S/C25H36N6O/c1-29(2)14-8-12-26-24(32)22-19-30(17-20-9-4-3-5-10-20)18-21(22)23-11-13-27-25(28-23)31-15-6-7-16-31/h3-5,9-11,13,21-22H,6-8,12,14-19H2,1-2H3,(H,26,32)/t21-,22-/m0/s1. The second-order valence-electron chi connectivity index (χ2n) is 9.32. The maximum Gasteiger partial charge on any atom is 0.225 e. The van der Waals surface area contributed by atoms with E-state index in [4.69, 9.17) is 4.98 Å². The van der Waals surface area contributed by atoms with Gasteiger partial charge in [0.1, 0.15) is 0 Å². The van der Waals surface area contributed by atoms with Crippen LogP contribution in [0.4, 0.5) is 5.95 Å². The highest BCUT2D eigenvalue weighted by Crippen LogP contribution is 2.33. The van der Waals surface area contributed by atoms with E-state index in [1.54, 1.807) is 0 Å². The number of rotatable bonds is 9. The van der Waals surface area contributed by atoms with Crippen molar-refractivity contribution in [3.05, 3.63) is 53.9 Å². The molecule has 32 heavy (non-hydrogen) atoms. The lowest BCUT2D eigenvalue weighted by Gasteiger charge is -2.20. The number of aromatic nitrogens is 2. The fourth-order valence-corrected chi connectivity index (χ4v) is 4.80. The van der Waals surface area contributed by atoms with Crippen LogP contribution < -0.4 is 10.2 Å². The third-order valence-electron chi connectivity index (χ3n) is 6.50. The number of anilines is 1. The van der Waals surface area contributed by atoms with Crippen molar-refractivity contribution in [3.8, 4) is 0 Å². The van der Waals surface area contributed by atoms with E-state index in [-0.39, 0.29) is 17.7 Å². The predicted molar refractivity (Wildman–Crippen MR) is 128 cm³/mol. The molecule has 0 unspecified atom stereocenters. The number of carbonyl (C=O) groups excluding carboxylic acids is 1. The number of hydrogen-bond donors (Lipinski definition) is 1. The number of benzene rings is 1. The van der Waals surface area contributed by atoms with Crippen LogP contribution in [0, 0.1) is 5.92 Å². The molecule has 0 spiro atoms. The van der Waals surface area contributed by atoms with Crippen molar-refractivity contribution in [2.24, 2.45) is 5.92 Å². The monoisotopic (exact) mass is 436 g/mol. The number of nitrogens with one attached hydrogen (secondary N) is 1. The highest BCUT2D eigenvalue weighted by atomic mass is 16.1. The third kappa shape index (κ3) is 5.84. The molecule has 1 N–H and O–H groups in total. The molecule has 2 fully saturated rings. The summed E-state index contributed by atoms with van der Waals surface area (Å²) in [5.41, 5.74) is 2.27. The molecule has 7 heteroatoms. The normalized spacial score (nSPS) is 21.4. The van der Waals surface area contributed by atoms with Gasteiger partial charge in [0.2, 0.25) is 11.9 Å². The van der Waals surface area contributed by atoms with Crippen LogP contribution in [0.2, 0.25) is 0 Å². The Balaban J connectivity index is 1.48. The smallest absolute Gasteiger partial charge is 0.225 e. The second-order valence-corrected chi connectivity index (χ2v) is 9.32. The van der Waals surface area contributed by atoms with Gasteiger partial charge in [-0.2, -0.15) is 0 Å². The Morgan fingerprint density at radius 2 is 1.91 bits per heavy atom. The van der Waals surface area contributed by atoms with Crippen LogP contribution in [0.15, 0.2) is 42.6 Å². The molecular weight excluding hydrogens is 400 g/mol. The average Bonchev–Trinajstić information content (AvgIpc) is 3.48. The molecule has 1 amide bonds. The molecule has 1 aromatic carbocycles. The van der Waals surface area contributed by atoms with Crippen LogP contribution in [0.1, 0.15) is 36.4 Å². The van der Waals surface area contributed by atoms with Crippen molar-refractivity contribution >= 4 is 11.9 Å². The summed E-state index contributed by atoms with van der Waals surface area (Å²) in [5, 5.41) is 3.19. The zero-order valence-corrected chi connectivity index (χ0v) is 19.4. The Morgan fingerprint density at radius 3 is 2.66 bits per heavy atom. The zero-order valence-electron chi connectivity index (χ0n) is 19.4. The van der Waals surface area contributed by atoms with Gasteiger partial charge in [-0.3, -0.25) is 9.69 Å². The molecule has 2 aliphatic rings. The van der Waals surface area contributed by atoms with Crippen LogP contribution in [-0.4, -0.2) is 79.0 Å². The van der Waals surface area contributed by atoms with Crippen LogP contribution in [0.25, 0.3) is 0 Å². The molecule has 3 heterocycles. The minimum atomic E-state index is -0.0978. The Hall–Kier alpha value is -2.51. The maximum atomic E-state index is 13.2. The van der Waals surface area contributed by atoms with Crippen molar-refractivity contribution in [2.75, 3.05) is 58.3 Å². The molecule has 2 atom stereocenters. The van der Waals surface area contributed by atoms with Gasteiger partial charge < -0.3 is 15.1 Å². The summed E-state index contributed by atoms with van der Waals surface area (Å²) in [5.74, 6) is 0.939. The first-order chi connectivity index (χ1) is 15.6. The molecule has 1 aromatic heterocycles. The van der Waals surface area contributed by atoms with E-state index >= 15 is 0 Å². The summed E-state index contributed by atoms with van der Waals surface area (Å²) in [4.78, 5) is 29.5. The van der Waals surface area contributed by atoms with E-state index < -0.39 is 0 Å². The Labute approximate surface area is 191 Å². The van der Waals surface area contributed by atoms with Crippen molar-refractivity contribution in [2.45, 2.75) is 31.7 Å². The van der Waals surface area contributed by atoms with Crippen molar-refractivity contribution in [1.82, 2.24) is 25.1 Å². The highest BCUT2D eigenvalue weighted by molar-refractivity contribution is 5.80. The van der Waals surface area contributed by atoms with Gasteiger partial charge in [0, 0.05) is 51.4 Å².